The van der Waals surface area contributed by atoms with Gasteiger partial charge in [-0.1, -0.05) is 81.9 Å². The minimum absolute atomic E-state index is 0.0939. The second-order valence-electron chi connectivity index (χ2n) is 10.4. The minimum Gasteiger partial charge on any atom is -0.489 e. The average Bonchev–Trinajstić information content (AvgIpc) is 3.23. The zero-order valence-corrected chi connectivity index (χ0v) is 23.5. The number of ether oxygens (including phenoxy) is 2. The van der Waals surface area contributed by atoms with Gasteiger partial charge in [-0.05, 0) is 49.1 Å². The number of thioether (sulfide) groups is 1. The van der Waals surface area contributed by atoms with Crippen LogP contribution in [0.25, 0.3) is 0 Å². The van der Waals surface area contributed by atoms with Gasteiger partial charge in [-0.2, -0.15) is 4.98 Å². The average molecular weight is 521 g/mol. The molecule has 0 radical (unpaired) electrons. The van der Waals surface area contributed by atoms with Gasteiger partial charge in [-0.15, -0.1) is 5.10 Å². The Labute approximate surface area is 223 Å². The zero-order chi connectivity index (χ0) is 26.7. The van der Waals surface area contributed by atoms with Crippen molar-refractivity contribution in [1.29, 1.82) is 0 Å². The summed E-state index contributed by atoms with van der Waals surface area (Å²) in [6.07, 6.45) is -0.251. The van der Waals surface area contributed by atoms with E-state index in [0.29, 0.717) is 34.7 Å². The number of anilines is 1. The van der Waals surface area contributed by atoms with Crippen LogP contribution in [-0.4, -0.2) is 32.6 Å². The maximum atomic E-state index is 13.3. The van der Waals surface area contributed by atoms with Gasteiger partial charge in [0.1, 0.15) is 18.4 Å². The molecule has 2 heterocycles. The van der Waals surface area contributed by atoms with E-state index in [0.717, 1.165) is 16.9 Å². The van der Waals surface area contributed by atoms with Crippen molar-refractivity contribution >= 4 is 23.7 Å². The highest BCUT2D eigenvalue weighted by atomic mass is 32.2. The molecule has 0 saturated heterocycles. The maximum Gasteiger partial charge on any atom is 0.338 e. The second-order valence-corrected chi connectivity index (χ2v) is 11.6. The Morgan fingerprint density at radius 3 is 2.49 bits per heavy atom. The Morgan fingerprint density at radius 2 is 1.84 bits per heavy atom. The summed E-state index contributed by atoms with van der Waals surface area (Å²) in [7, 11) is 0. The summed E-state index contributed by atoms with van der Waals surface area (Å²) in [5, 5.41) is 8.65. The molecule has 37 heavy (non-hydrogen) atoms. The van der Waals surface area contributed by atoms with Gasteiger partial charge >= 0.3 is 5.97 Å². The van der Waals surface area contributed by atoms with Gasteiger partial charge in [0, 0.05) is 11.3 Å². The highest BCUT2D eigenvalue weighted by Gasteiger charge is 2.37. The van der Waals surface area contributed by atoms with Crippen LogP contribution < -0.4 is 10.1 Å². The van der Waals surface area contributed by atoms with Gasteiger partial charge < -0.3 is 14.8 Å². The largest absolute Gasteiger partial charge is 0.489 e. The molecule has 1 aromatic heterocycles. The topological polar surface area (TPSA) is 78.3 Å². The number of rotatable bonds is 8. The van der Waals surface area contributed by atoms with Crippen molar-refractivity contribution in [2.24, 2.45) is 0 Å². The molecule has 0 aliphatic carbocycles. The molecule has 0 spiro atoms. The van der Waals surface area contributed by atoms with Gasteiger partial charge in [0.05, 0.1) is 11.7 Å². The summed E-state index contributed by atoms with van der Waals surface area (Å²) >= 11 is 1.55. The third-order valence-electron chi connectivity index (χ3n) is 6.10. The molecule has 1 aliphatic heterocycles. The number of hydrogen-bond acceptors (Lipinski definition) is 7. The van der Waals surface area contributed by atoms with Crippen LogP contribution in [0.15, 0.2) is 65.0 Å². The standard InChI is InChI=1S/C29H36N4O3S/c1-8-37-28-31-27-30-19(4)24(26(34)36-18(2)3)25(33(27)32-28)22-11-9-10-12-23(22)35-17-20-13-15-21(16-14-20)29(5,6)7/h9-16,18,25H,8,17H2,1-7H3,(H,30,31,32). The van der Waals surface area contributed by atoms with E-state index in [2.05, 4.69) is 62.3 Å². The number of carbonyl (C=O) groups is 1. The van der Waals surface area contributed by atoms with Crippen LogP contribution in [0, 0.1) is 0 Å². The summed E-state index contributed by atoms with van der Waals surface area (Å²) in [4.78, 5) is 18.0. The number of carbonyl (C=O) groups excluding carboxylic acids is 1. The van der Waals surface area contributed by atoms with Crippen molar-refractivity contribution in [2.45, 2.75) is 77.8 Å². The maximum absolute atomic E-state index is 13.3. The monoisotopic (exact) mass is 520 g/mol. The SMILES string of the molecule is CCSc1nc2n(n1)C(c1ccccc1OCc1ccc(C(C)(C)C)cc1)C(C(=O)OC(C)C)=C(C)N2. The molecule has 1 aliphatic rings. The van der Waals surface area contributed by atoms with Crippen molar-refractivity contribution in [1.82, 2.24) is 14.8 Å². The fourth-order valence-corrected chi connectivity index (χ4v) is 4.81. The first-order valence-corrected chi connectivity index (χ1v) is 13.7. The van der Waals surface area contributed by atoms with Crippen molar-refractivity contribution < 1.29 is 14.3 Å². The predicted octanol–water partition coefficient (Wildman–Crippen LogP) is 6.51. The summed E-state index contributed by atoms with van der Waals surface area (Å²) < 4.78 is 13.8. The molecule has 0 saturated carbocycles. The van der Waals surface area contributed by atoms with Crippen molar-refractivity contribution in [2.75, 3.05) is 11.1 Å². The molecule has 8 heteroatoms. The van der Waals surface area contributed by atoms with Crippen LogP contribution in [-0.2, 0) is 21.6 Å². The number of nitrogens with one attached hydrogen (secondary N) is 1. The van der Waals surface area contributed by atoms with Crippen molar-refractivity contribution in [3.8, 4) is 5.75 Å². The Morgan fingerprint density at radius 1 is 1.14 bits per heavy atom. The predicted molar refractivity (Wildman–Crippen MR) is 148 cm³/mol. The number of esters is 1. The first-order chi connectivity index (χ1) is 17.6. The zero-order valence-electron chi connectivity index (χ0n) is 22.7. The molecule has 0 amide bonds. The number of allylic oxidation sites excluding steroid dienone is 1. The fraction of sp³-hybridized carbons (Fsp3) is 0.414. The van der Waals surface area contributed by atoms with Crippen LogP contribution in [0.4, 0.5) is 5.95 Å². The van der Waals surface area contributed by atoms with Gasteiger partial charge in [0.25, 0.3) is 0 Å². The highest BCUT2D eigenvalue weighted by Crippen LogP contribution is 2.40. The van der Waals surface area contributed by atoms with E-state index in [1.165, 1.54) is 5.56 Å². The summed E-state index contributed by atoms with van der Waals surface area (Å²) in [5.41, 5.74) is 4.45. The number of fused-ring (bicyclic) bond motifs is 1. The van der Waals surface area contributed by atoms with Gasteiger partial charge in [0.15, 0.2) is 0 Å². The normalized spacial score (nSPS) is 15.4. The van der Waals surface area contributed by atoms with Crippen LogP contribution in [0.5, 0.6) is 5.75 Å². The quantitative estimate of drug-likeness (QED) is 0.268. The molecule has 0 bridgehead atoms. The molecule has 0 fully saturated rings. The van der Waals surface area contributed by atoms with E-state index in [-0.39, 0.29) is 17.5 Å². The summed E-state index contributed by atoms with van der Waals surface area (Å²) in [5.74, 6) is 1.73. The molecular formula is C29H36N4O3S. The molecule has 196 valence electrons. The van der Waals surface area contributed by atoms with Crippen LogP contribution in [0.1, 0.15) is 71.2 Å². The summed E-state index contributed by atoms with van der Waals surface area (Å²) in [6.45, 7) is 14.6. The van der Waals surface area contributed by atoms with Crippen molar-refractivity contribution in [3.63, 3.8) is 0 Å². The van der Waals surface area contributed by atoms with Crippen LogP contribution in [0.2, 0.25) is 0 Å². The molecule has 1 atom stereocenters. The summed E-state index contributed by atoms with van der Waals surface area (Å²) in [6, 6.07) is 15.8. The van der Waals surface area contributed by atoms with Crippen molar-refractivity contribution in [3.05, 3.63) is 76.5 Å². The van der Waals surface area contributed by atoms with E-state index in [4.69, 9.17) is 14.6 Å². The molecule has 2 aromatic carbocycles. The first kappa shape index (κ1) is 26.8. The van der Waals surface area contributed by atoms with Gasteiger partial charge in [-0.25, -0.2) is 9.48 Å². The number of para-hydroxylation sites is 1. The Hall–Kier alpha value is -3.26. The molecular weight excluding hydrogens is 484 g/mol. The second kappa shape index (κ2) is 11.0. The lowest BCUT2D eigenvalue weighted by Gasteiger charge is -2.29. The lowest BCUT2D eigenvalue weighted by atomic mass is 9.87. The number of hydrogen-bond donors (Lipinski definition) is 1. The highest BCUT2D eigenvalue weighted by molar-refractivity contribution is 7.99. The van der Waals surface area contributed by atoms with E-state index >= 15 is 0 Å². The smallest absolute Gasteiger partial charge is 0.338 e. The fourth-order valence-electron chi connectivity index (χ4n) is 4.25. The lowest BCUT2D eigenvalue weighted by molar-refractivity contribution is -0.143. The third kappa shape index (κ3) is 6.01. The third-order valence-corrected chi connectivity index (χ3v) is 6.82. The molecule has 3 aromatic rings. The van der Waals surface area contributed by atoms with E-state index < -0.39 is 6.04 Å². The molecule has 7 nitrogen and oxygen atoms in total. The first-order valence-electron chi connectivity index (χ1n) is 12.7. The van der Waals surface area contributed by atoms with E-state index in [9.17, 15) is 4.79 Å². The Bertz CT molecular complexity index is 1290. The van der Waals surface area contributed by atoms with Gasteiger partial charge in [-0.3, -0.25) is 0 Å². The van der Waals surface area contributed by atoms with Gasteiger partial charge in [0.2, 0.25) is 11.1 Å². The lowest BCUT2D eigenvalue weighted by Crippen LogP contribution is -2.31. The minimum atomic E-state index is -0.541. The Kier molecular flexibility index (Phi) is 7.97. The molecule has 1 N–H and O–H groups in total. The van der Waals surface area contributed by atoms with E-state index in [1.807, 2.05) is 45.0 Å². The molecule has 1 unspecified atom stereocenters. The van der Waals surface area contributed by atoms with E-state index in [1.54, 1.807) is 16.4 Å². The molecule has 4 rings (SSSR count). The van der Waals surface area contributed by atoms with Crippen LogP contribution in [0.3, 0.4) is 0 Å². The number of aromatic nitrogens is 3. The Balaban J connectivity index is 1.71. The van der Waals surface area contributed by atoms with Crippen LogP contribution >= 0.6 is 11.8 Å². The number of nitrogens with zero attached hydrogens (tertiary/aromatic N) is 3. The number of benzene rings is 2.